The summed E-state index contributed by atoms with van der Waals surface area (Å²) in [7, 11) is 0. The number of aromatic nitrogens is 3. The van der Waals surface area contributed by atoms with Gasteiger partial charge < -0.3 is 9.84 Å². The number of hydrogen-bond acceptors (Lipinski definition) is 5. The number of nitrogens with one attached hydrogen (secondary N) is 1. The van der Waals surface area contributed by atoms with Crippen LogP contribution in [0.15, 0.2) is 22.9 Å². The molecule has 1 N–H and O–H groups in total. The number of hydrogen-bond donors (Lipinski definition) is 1. The van der Waals surface area contributed by atoms with Crippen LogP contribution in [0, 0.1) is 6.92 Å². The van der Waals surface area contributed by atoms with E-state index in [1.54, 1.807) is 32.2 Å². The molecule has 6 nitrogen and oxygen atoms in total. The van der Waals surface area contributed by atoms with Crippen molar-refractivity contribution in [1.29, 1.82) is 0 Å². The predicted molar refractivity (Wildman–Crippen MR) is 68.5 cm³/mol. The van der Waals surface area contributed by atoms with Gasteiger partial charge in [-0.2, -0.15) is 4.98 Å². The molecule has 0 radical (unpaired) electrons. The Hall–Kier alpha value is -2.24. The standard InChI is InChI=1S/C13H16N4O2/c1-4-11-16-13(19-17-11)9(3)15-12(18)10-6-5-7-14-8(10)2/h5-7,9H,4H2,1-3H3,(H,15,18)/t9-/m0/s1. The summed E-state index contributed by atoms with van der Waals surface area (Å²) in [6, 6.07) is 3.13. The quantitative estimate of drug-likeness (QED) is 0.907. The average molecular weight is 260 g/mol. The normalized spacial score (nSPS) is 12.2. The first-order valence-electron chi connectivity index (χ1n) is 6.16. The van der Waals surface area contributed by atoms with Crippen molar-refractivity contribution in [2.45, 2.75) is 33.2 Å². The molecule has 0 aliphatic heterocycles. The number of nitrogens with zero attached hydrogens (tertiary/aromatic N) is 3. The highest BCUT2D eigenvalue weighted by molar-refractivity contribution is 5.95. The maximum absolute atomic E-state index is 12.1. The van der Waals surface area contributed by atoms with Crippen molar-refractivity contribution in [2.24, 2.45) is 0 Å². The van der Waals surface area contributed by atoms with Crippen molar-refractivity contribution >= 4 is 5.91 Å². The van der Waals surface area contributed by atoms with Crippen molar-refractivity contribution in [2.75, 3.05) is 0 Å². The number of aryl methyl sites for hydroxylation is 2. The smallest absolute Gasteiger partial charge is 0.253 e. The van der Waals surface area contributed by atoms with Crippen LogP contribution in [0.1, 0.15) is 47.7 Å². The topological polar surface area (TPSA) is 80.9 Å². The Morgan fingerprint density at radius 3 is 2.95 bits per heavy atom. The Morgan fingerprint density at radius 2 is 2.32 bits per heavy atom. The molecule has 100 valence electrons. The molecule has 2 rings (SSSR count). The van der Waals surface area contributed by atoms with E-state index in [1.165, 1.54) is 0 Å². The minimum Gasteiger partial charge on any atom is -0.340 e. The molecule has 0 saturated heterocycles. The fourth-order valence-electron chi connectivity index (χ4n) is 1.65. The molecule has 0 aliphatic carbocycles. The Bertz CT molecular complexity index is 580. The van der Waals surface area contributed by atoms with Crippen LogP contribution in [0.4, 0.5) is 0 Å². The Kier molecular flexibility index (Phi) is 3.89. The van der Waals surface area contributed by atoms with Crippen LogP contribution in [-0.4, -0.2) is 21.0 Å². The van der Waals surface area contributed by atoms with Crippen molar-refractivity contribution in [3.63, 3.8) is 0 Å². The lowest BCUT2D eigenvalue weighted by atomic mass is 10.2. The fraction of sp³-hybridized carbons (Fsp3) is 0.385. The van der Waals surface area contributed by atoms with Gasteiger partial charge in [0.2, 0.25) is 5.89 Å². The summed E-state index contributed by atoms with van der Waals surface area (Å²) in [6.45, 7) is 5.54. The molecule has 0 aliphatic rings. The highest BCUT2D eigenvalue weighted by Crippen LogP contribution is 2.12. The third-order valence-electron chi connectivity index (χ3n) is 2.77. The molecular weight excluding hydrogens is 244 g/mol. The SMILES string of the molecule is CCc1noc([C@H](C)NC(=O)c2cccnc2C)n1. The molecule has 2 heterocycles. The van der Waals surface area contributed by atoms with E-state index >= 15 is 0 Å². The minimum absolute atomic E-state index is 0.200. The maximum atomic E-state index is 12.1. The zero-order valence-corrected chi connectivity index (χ0v) is 11.2. The first-order chi connectivity index (χ1) is 9.11. The van der Waals surface area contributed by atoms with Crippen LogP contribution < -0.4 is 5.32 Å². The van der Waals surface area contributed by atoms with Gasteiger partial charge in [-0.1, -0.05) is 12.1 Å². The van der Waals surface area contributed by atoms with Gasteiger partial charge in [0.1, 0.15) is 6.04 Å². The molecule has 1 amide bonds. The van der Waals surface area contributed by atoms with Crippen LogP contribution >= 0.6 is 0 Å². The minimum atomic E-state index is -0.333. The zero-order chi connectivity index (χ0) is 13.8. The fourth-order valence-corrected chi connectivity index (χ4v) is 1.65. The summed E-state index contributed by atoms with van der Waals surface area (Å²) < 4.78 is 5.09. The summed E-state index contributed by atoms with van der Waals surface area (Å²) in [5.74, 6) is 0.842. The second-order valence-electron chi connectivity index (χ2n) is 4.23. The van der Waals surface area contributed by atoms with Gasteiger partial charge in [-0.3, -0.25) is 9.78 Å². The van der Waals surface area contributed by atoms with Crippen LogP contribution in [0.2, 0.25) is 0 Å². The first kappa shape index (κ1) is 13.2. The van der Waals surface area contributed by atoms with Crippen LogP contribution in [0.5, 0.6) is 0 Å². The van der Waals surface area contributed by atoms with E-state index in [2.05, 4.69) is 20.4 Å². The van der Waals surface area contributed by atoms with Gasteiger partial charge in [0.05, 0.1) is 5.56 Å². The highest BCUT2D eigenvalue weighted by Gasteiger charge is 2.18. The summed E-state index contributed by atoms with van der Waals surface area (Å²) >= 11 is 0. The van der Waals surface area contributed by atoms with Gasteiger partial charge in [-0.15, -0.1) is 0 Å². The van der Waals surface area contributed by atoms with E-state index in [0.29, 0.717) is 29.4 Å². The van der Waals surface area contributed by atoms with Crippen LogP contribution in [0.3, 0.4) is 0 Å². The zero-order valence-electron chi connectivity index (χ0n) is 11.2. The molecule has 0 aromatic carbocycles. The van der Waals surface area contributed by atoms with E-state index in [9.17, 15) is 4.79 Å². The molecule has 0 fully saturated rings. The van der Waals surface area contributed by atoms with E-state index in [-0.39, 0.29) is 11.9 Å². The van der Waals surface area contributed by atoms with E-state index in [0.717, 1.165) is 0 Å². The molecule has 0 unspecified atom stereocenters. The van der Waals surface area contributed by atoms with Gasteiger partial charge >= 0.3 is 0 Å². The predicted octanol–water partition coefficient (Wildman–Crippen LogP) is 1.83. The Balaban J connectivity index is 2.08. The summed E-state index contributed by atoms with van der Waals surface area (Å²) in [6.07, 6.45) is 2.35. The number of carbonyl (C=O) groups excluding carboxylic acids is 1. The molecular formula is C13H16N4O2. The molecule has 19 heavy (non-hydrogen) atoms. The van der Waals surface area contributed by atoms with Gasteiger partial charge in [0.25, 0.3) is 5.91 Å². The summed E-state index contributed by atoms with van der Waals surface area (Å²) in [5, 5.41) is 6.62. The number of pyridine rings is 1. The van der Waals surface area contributed by atoms with Gasteiger partial charge in [0, 0.05) is 18.3 Å². The van der Waals surface area contributed by atoms with Gasteiger partial charge in [-0.25, -0.2) is 0 Å². The van der Waals surface area contributed by atoms with E-state index in [4.69, 9.17) is 4.52 Å². The molecule has 6 heteroatoms. The number of rotatable bonds is 4. The third-order valence-corrected chi connectivity index (χ3v) is 2.77. The molecule has 2 aromatic rings. The Labute approximate surface area is 111 Å². The maximum Gasteiger partial charge on any atom is 0.253 e. The third kappa shape index (κ3) is 2.96. The summed E-state index contributed by atoms with van der Waals surface area (Å²) in [5.41, 5.74) is 1.23. The van der Waals surface area contributed by atoms with E-state index < -0.39 is 0 Å². The highest BCUT2D eigenvalue weighted by atomic mass is 16.5. The molecule has 2 aromatic heterocycles. The van der Waals surface area contributed by atoms with Crippen molar-refractivity contribution in [1.82, 2.24) is 20.4 Å². The second kappa shape index (κ2) is 5.60. The van der Waals surface area contributed by atoms with Crippen molar-refractivity contribution in [3.8, 4) is 0 Å². The second-order valence-corrected chi connectivity index (χ2v) is 4.23. The number of carbonyl (C=O) groups is 1. The van der Waals surface area contributed by atoms with Gasteiger partial charge in [-0.05, 0) is 26.0 Å². The first-order valence-corrected chi connectivity index (χ1v) is 6.16. The molecule has 0 spiro atoms. The lowest BCUT2D eigenvalue weighted by Gasteiger charge is -2.10. The average Bonchev–Trinajstić information content (AvgIpc) is 2.88. The Morgan fingerprint density at radius 1 is 1.53 bits per heavy atom. The summed E-state index contributed by atoms with van der Waals surface area (Å²) in [4.78, 5) is 20.4. The lowest BCUT2D eigenvalue weighted by Crippen LogP contribution is -2.27. The van der Waals surface area contributed by atoms with E-state index in [1.807, 2.05) is 6.92 Å². The van der Waals surface area contributed by atoms with Crippen LogP contribution in [0.25, 0.3) is 0 Å². The number of amides is 1. The van der Waals surface area contributed by atoms with Crippen LogP contribution in [-0.2, 0) is 6.42 Å². The molecule has 1 atom stereocenters. The van der Waals surface area contributed by atoms with Crippen molar-refractivity contribution < 1.29 is 9.32 Å². The van der Waals surface area contributed by atoms with Crippen molar-refractivity contribution in [3.05, 3.63) is 41.3 Å². The molecule has 0 saturated carbocycles. The monoisotopic (exact) mass is 260 g/mol. The molecule has 0 bridgehead atoms. The largest absolute Gasteiger partial charge is 0.340 e. The van der Waals surface area contributed by atoms with Gasteiger partial charge in [0.15, 0.2) is 5.82 Å². The lowest BCUT2D eigenvalue weighted by molar-refractivity contribution is 0.0931.